The third-order valence-corrected chi connectivity index (χ3v) is 3.80. The first-order valence-corrected chi connectivity index (χ1v) is 8.01. The number of nitrogens with zero attached hydrogens (tertiary/aromatic N) is 3. The van der Waals surface area contributed by atoms with Crippen molar-refractivity contribution < 1.29 is 18.8 Å². The molecule has 0 saturated carbocycles. The van der Waals surface area contributed by atoms with Crippen LogP contribution in [0.3, 0.4) is 0 Å². The maximum Gasteiger partial charge on any atom is 0.410 e. The third kappa shape index (κ3) is 4.49. The molecule has 0 bridgehead atoms. The maximum absolute atomic E-state index is 14.3. The van der Waals surface area contributed by atoms with Gasteiger partial charge in [0.25, 0.3) is 5.69 Å². The number of nitrogens with one attached hydrogen (secondary N) is 1. The molecular weight excluding hydrogens is 331 g/mol. The normalized spacial score (nSPS) is 15.1. The van der Waals surface area contributed by atoms with Gasteiger partial charge in [-0.3, -0.25) is 10.1 Å². The molecule has 1 fully saturated rings. The van der Waals surface area contributed by atoms with E-state index in [0.29, 0.717) is 26.2 Å². The summed E-state index contributed by atoms with van der Waals surface area (Å²) in [5, 5.41) is 13.7. The van der Waals surface area contributed by atoms with Crippen molar-refractivity contribution >= 4 is 23.2 Å². The molecule has 2 rings (SSSR count). The lowest BCUT2D eigenvalue weighted by Gasteiger charge is -2.36. The molecule has 1 heterocycles. The number of nitro groups is 1. The molecule has 1 saturated heterocycles. The number of anilines is 2. The van der Waals surface area contributed by atoms with Crippen molar-refractivity contribution in [3.05, 3.63) is 28.1 Å². The summed E-state index contributed by atoms with van der Waals surface area (Å²) < 4.78 is 19.6. The van der Waals surface area contributed by atoms with Crippen LogP contribution >= 0.6 is 0 Å². The van der Waals surface area contributed by atoms with Crippen LogP contribution < -0.4 is 10.2 Å². The van der Waals surface area contributed by atoms with Gasteiger partial charge < -0.3 is 19.9 Å². The molecule has 0 unspecified atom stereocenters. The molecule has 1 aliphatic rings. The van der Waals surface area contributed by atoms with E-state index in [1.165, 1.54) is 6.07 Å². The van der Waals surface area contributed by atoms with E-state index in [1.54, 1.807) is 37.6 Å². The molecule has 1 aliphatic heterocycles. The van der Waals surface area contributed by atoms with Crippen molar-refractivity contribution in [1.82, 2.24) is 4.90 Å². The van der Waals surface area contributed by atoms with Gasteiger partial charge >= 0.3 is 6.09 Å². The Morgan fingerprint density at radius 1 is 1.28 bits per heavy atom. The number of hydrogen-bond acceptors (Lipinski definition) is 6. The molecular formula is C16H23FN4O4. The quantitative estimate of drug-likeness (QED) is 0.663. The third-order valence-electron chi connectivity index (χ3n) is 3.80. The van der Waals surface area contributed by atoms with Gasteiger partial charge in [0.15, 0.2) is 5.82 Å². The highest BCUT2D eigenvalue weighted by Gasteiger charge is 2.28. The zero-order valence-electron chi connectivity index (χ0n) is 14.8. The van der Waals surface area contributed by atoms with Gasteiger partial charge in [-0.15, -0.1) is 0 Å². The smallest absolute Gasteiger partial charge is 0.410 e. The molecule has 1 amide bonds. The first-order chi connectivity index (χ1) is 11.6. The second-order valence-electron chi connectivity index (χ2n) is 6.78. The Balaban J connectivity index is 2.10. The minimum absolute atomic E-state index is 0.246. The predicted molar refractivity (Wildman–Crippen MR) is 92.6 cm³/mol. The molecule has 0 aromatic heterocycles. The molecule has 8 nitrogen and oxygen atoms in total. The molecule has 1 aromatic rings. The summed E-state index contributed by atoms with van der Waals surface area (Å²) in [6.45, 7) is 7.00. The number of nitro benzene ring substituents is 1. The Hall–Kier alpha value is -2.58. The summed E-state index contributed by atoms with van der Waals surface area (Å²) in [6.07, 6.45) is -0.396. The molecule has 9 heteroatoms. The molecule has 0 atom stereocenters. The SMILES string of the molecule is CNc1cc(N2CCN(C(=O)OC(C)(C)C)CC2)c(F)cc1[N+](=O)[O-]. The number of ether oxygens (including phenoxy) is 1. The Bertz CT molecular complexity index is 667. The summed E-state index contributed by atoms with van der Waals surface area (Å²) in [6, 6.07) is 2.35. The highest BCUT2D eigenvalue weighted by atomic mass is 19.1. The summed E-state index contributed by atoms with van der Waals surface area (Å²) in [5.74, 6) is -0.656. The van der Waals surface area contributed by atoms with E-state index in [1.807, 2.05) is 0 Å². The van der Waals surface area contributed by atoms with Crippen LogP contribution in [-0.4, -0.2) is 54.7 Å². The molecule has 0 radical (unpaired) electrons. The van der Waals surface area contributed by atoms with Crippen LogP contribution in [0.2, 0.25) is 0 Å². The van der Waals surface area contributed by atoms with Gasteiger partial charge in [0.2, 0.25) is 0 Å². The van der Waals surface area contributed by atoms with E-state index in [4.69, 9.17) is 4.74 Å². The van der Waals surface area contributed by atoms with Gasteiger partial charge in [-0.1, -0.05) is 0 Å². The fourth-order valence-electron chi connectivity index (χ4n) is 2.60. The lowest BCUT2D eigenvalue weighted by molar-refractivity contribution is -0.384. The fraction of sp³-hybridized carbons (Fsp3) is 0.562. The Labute approximate surface area is 145 Å². The average molecular weight is 354 g/mol. The Morgan fingerprint density at radius 2 is 1.88 bits per heavy atom. The molecule has 1 aromatic carbocycles. The highest BCUT2D eigenvalue weighted by Crippen LogP contribution is 2.32. The monoisotopic (exact) mass is 354 g/mol. The minimum atomic E-state index is -0.656. The van der Waals surface area contributed by atoms with Crippen LogP contribution in [0.15, 0.2) is 12.1 Å². The number of carbonyl (C=O) groups excluding carboxylic acids is 1. The molecule has 25 heavy (non-hydrogen) atoms. The minimum Gasteiger partial charge on any atom is -0.444 e. The number of rotatable bonds is 3. The maximum atomic E-state index is 14.3. The van der Waals surface area contributed by atoms with Gasteiger partial charge in [-0.25, -0.2) is 9.18 Å². The number of halogens is 1. The van der Waals surface area contributed by atoms with Crippen LogP contribution in [0.4, 0.5) is 26.2 Å². The van der Waals surface area contributed by atoms with E-state index in [9.17, 15) is 19.3 Å². The molecule has 1 N–H and O–H groups in total. The largest absolute Gasteiger partial charge is 0.444 e. The van der Waals surface area contributed by atoms with Crippen LogP contribution in [0, 0.1) is 15.9 Å². The van der Waals surface area contributed by atoms with Crippen LogP contribution in [-0.2, 0) is 4.74 Å². The Morgan fingerprint density at radius 3 is 2.36 bits per heavy atom. The number of piperazine rings is 1. The molecule has 0 aliphatic carbocycles. The number of carbonyl (C=O) groups is 1. The average Bonchev–Trinajstić information content (AvgIpc) is 2.53. The summed E-state index contributed by atoms with van der Waals surface area (Å²) in [4.78, 5) is 25.8. The number of hydrogen-bond donors (Lipinski definition) is 1. The fourth-order valence-corrected chi connectivity index (χ4v) is 2.60. The summed E-state index contributed by atoms with van der Waals surface area (Å²) in [7, 11) is 1.55. The van der Waals surface area contributed by atoms with Gasteiger partial charge in [0.1, 0.15) is 11.3 Å². The van der Waals surface area contributed by atoms with E-state index >= 15 is 0 Å². The molecule has 0 spiro atoms. The van der Waals surface area contributed by atoms with Gasteiger partial charge in [-0.2, -0.15) is 0 Å². The van der Waals surface area contributed by atoms with E-state index < -0.39 is 22.4 Å². The van der Waals surface area contributed by atoms with Crippen molar-refractivity contribution in [1.29, 1.82) is 0 Å². The van der Waals surface area contributed by atoms with E-state index in [0.717, 1.165) is 6.07 Å². The zero-order chi connectivity index (χ0) is 18.8. The first kappa shape index (κ1) is 18.8. The molecule has 138 valence electrons. The van der Waals surface area contributed by atoms with E-state index in [2.05, 4.69) is 5.32 Å². The van der Waals surface area contributed by atoms with Crippen molar-refractivity contribution in [2.75, 3.05) is 43.4 Å². The Kier molecular flexibility index (Phi) is 5.34. The van der Waals surface area contributed by atoms with Gasteiger partial charge in [-0.05, 0) is 26.8 Å². The predicted octanol–water partition coefficient (Wildman–Crippen LogP) is 2.83. The number of benzene rings is 1. The second kappa shape index (κ2) is 7.12. The van der Waals surface area contributed by atoms with Crippen molar-refractivity contribution in [2.24, 2.45) is 0 Å². The first-order valence-electron chi connectivity index (χ1n) is 8.01. The van der Waals surface area contributed by atoms with Gasteiger partial charge in [0.05, 0.1) is 16.7 Å². The van der Waals surface area contributed by atoms with Crippen LogP contribution in [0.1, 0.15) is 20.8 Å². The van der Waals surface area contributed by atoms with Crippen LogP contribution in [0.25, 0.3) is 0 Å². The van der Waals surface area contributed by atoms with Crippen molar-refractivity contribution in [3.63, 3.8) is 0 Å². The van der Waals surface area contributed by atoms with Crippen molar-refractivity contribution in [3.8, 4) is 0 Å². The summed E-state index contributed by atoms with van der Waals surface area (Å²) in [5.41, 5.74) is -0.355. The lowest BCUT2D eigenvalue weighted by atomic mass is 10.2. The van der Waals surface area contributed by atoms with Crippen LogP contribution in [0.5, 0.6) is 0 Å². The zero-order valence-corrected chi connectivity index (χ0v) is 14.8. The lowest BCUT2D eigenvalue weighted by Crippen LogP contribution is -2.50. The van der Waals surface area contributed by atoms with E-state index in [-0.39, 0.29) is 17.1 Å². The topological polar surface area (TPSA) is 88.0 Å². The second-order valence-corrected chi connectivity index (χ2v) is 6.78. The number of amides is 1. The summed E-state index contributed by atoms with van der Waals surface area (Å²) >= 11 is 0. The highest BCUT2D eigenvalue weighted by molar-refractivity contribution is 5.71. The van der Waals surface area contributed by atoms with Gasteiger partial charge in [0, 0.05) is 33.2 Å². The van der Waals surface area contributed by atoms with Crippen molar-refractivity contribution in [2.45, 2.75) is 26.4 Å². The standard InChI is InChI=1S/C16H23FN4O4/c1-16(2,3)25-15(22)20-7-5-19(6-8-20)13-10-12(18-4)14(21(23)24)9-11(13)17/h9-10,18H,5-8H2,1-4H3.